The van der Waals surface area contributed by atoms with E-state index in [9.17, 15) is 4.79 Å². The van der Waals surface area contributed by atoms with Gasteiger partial charge in [0.2, 0.25) is 0 Å². The molecule has 4 heteroatoms. The molecule has 0 aliphatic carbocycles. The summed E-state index contributed by atoms with van der Waals surface area (Å²) in [5.41, 5.74) is 2.21. The molecule has 1 N–H and O–H groups in total. The topological polar surface area (TPSA) is 38.3 Å². The molecule has 0 radical (unpaired) electrons. The largest absolute Gasteiger partial charge is 0.469 e. The van der Waals surface area contributed by atoms with Gasteiger partial charge in [-0.1, -0.05) is 39.7 Å². The van der Waals surface area contributed by atoms with E-state index in [0.29, 0.717) is 6.54 Å². The normalized spacial score (nSPS) is 11.8. The van der Waals surface area contributed by atoms with Gasteiger partial charge in [0.25, 0.3) is 0 Å². The Bertz CT molecular complexity index is 436. The minimum atomic E-state index is -0.274. The van der Waals surface area contributed by atoms with Gasteiger partial charge in [0.05, 0.1) is 13.0 Å². The highest BCUT2D eigenvalue weighted by atomic mass is 79.9. The smallest absolute Gasteiger partial charge is 0.314 e. The van der Waals surface area contributed by atoms with Gasteiger partial charge in [-0.15, -0.1) is 0 Å². The van der Waals surface area contributed by atoms with Crippen LogP contribution >= 0.6 is 15.9 Å². The van der Waals surface area contributed by atoms with Crippen molar-refractivity contribution in [2.75, 3.05) is 20.2 Å². The molecule has 0 saturated carbocycles. The first kappa shape index (κ1) is 15.9. The van der Waals surface area contributed by atoms with Gasteiger partial charge in [-0.25, -0.2) is 0 Å². The van der Waals surface area contributed by atoms with Crippen molar-refractivity contribution in [1.29, 1.82) is 0 Å². The molecule has 104 valence electrons. The Kier molecular flexibility index (Phi) is 6.81. The van der Waals surface area contributed by atoms with E-state index in [1.54, 1.807) is 0 Å². The van der Waals surface area contributed by atoms with Gasteiger partial charge in [-0.05, 0) is 31.5 Å². The molecule has 1 atom stereocenters. The molecule has 0 aromatic heterocycles. The van der Waals surface area contributed by atoms with Crippen LogP contribution in [0.4, 0.5) is 0 Å². The first-order valence-corrected chi connectivity index (χ1v) is 7.01. The third-order valence-corrected chi connectivity index (χ3v) is 3.29. The summed E-state index contributed by atoms with van der Waals surface area (Å²) in [6.07, 6.45) is 2.09. The Labute approximate surface area is 123 Å². The second-order valence-corrected chi connectivity index (χ2v) is 5.48. The molecule has 1 rings (SSSR count). The molecule has 0 saturated heterocycles. The molecule has 0 unspecified atom stereocenters. The van der Waals surface area contributed by atoms with Crippen molar-refractivity contribution >= 4 is 21.9 Å². The van der Waals surface area contributed by atoms with E-state index >= 15 is 0 Å². The van der Waals surface area contributed by atoms with Crippen LogP contribution in [-0.2, 0) is 9.53 Å². The quantitative estimate of drug-likeness (QED) is 0.495. The molecule has 1 aromatic carbocycles. The maximum absolute atomic E-state index is 11.8. The number of allylic oxidation sites excluding steroid dienone is 1. The highest BCUT2D eigenvalue weighted by Crippen LogP contribution is 2.19. The molecule has 3 nitrogen and oxygen atoms in total. The fourth-order valence-electron chi connectivity index (χ4n) is 1.68. The van der Waals surface area contributed by atoms with Crippen LogP contribution in [0.25, 0.3) is 0 Å². The average molecular weight is 326 g/mol. The van der Waals surface area contributed by atoms with E-state index < -0.39 is 0 Å². The molecule has 1 aromatic rings. The van der Waals surface area contributed by atoms with E-state index in [1.165, 1.54) is 12.7 Å². The highest BCUT2D eigenvalue weighted by Gasteiger charge is 2.20. The number of methoxy groups -OCH3 is 1. The lowest BCUT2D eigenvalue weighted by Gasteiger charge is -2.15. The van der Waals surface area contributed by atoms with Crippen molar-refractivity contribution in [3.63, 3.8) is 0 Å². The van der Waals surface area contributed by atoms with Gasteiger partial charge in [-0.3, -0.25) is 4.79 Å². The van der Waals surface area contributed by atoms with Gasteiger partial charge in [0, 0.05) is 17.6 Å². The first-order valence-electron chi connectivity index (χ1n) is 6.22. The number of esters is 1. The van der Waals surface area contributed by atoms with Gasteiger partial charge < -0.3 is 10.1 Å². The zero-order chi connectivity index (χ0) is 14.3. The van der Waals surface area contributed by atoms with Crippen LogP contribution in [0.3, 0.4) is 0 Å². The number of carbonyl (C=O) groups excluding carboxylic acids is 1. The van der Waals surface area contributed by atoms with E-state index in [1.807, 2.05) is 38.1 Å². The van der Waals surface area contributed by atoms with Crippen molar-refractivity contribution in [3.05, 3.63) is 46.0 Å². The zero-order valence-electron chi connectivity index (χ0n) is 11.6. The Balaban J connectivity index is 2.70. The molecule has 0 bridgehead atoms. The van der Waals surface area contributed by atoms with Crippen LogP contribution in [0, 0.1) is 0 Å². The number of benzene rings is 1. The summed E-state index contributed by atoms with van der Waals surface area (Å²) in [4.78, 5) is 11.8. The molecule has 0 aliphatic heterocycles. The molecular formula is C15H20BrNO2. The lowest BCUT2D eigenvalue weighted by atomic mass is 9.99. The maximum Gasteiger partial charge on any atom is 0.314 e. The van der Waals surface area contributed by atoms with Crippen molar-refractivity contribution in [3.8, 4) is 0 Å². The summed E-state index contributed by atoms with van der Waals surface area (Å²) < 4.78 is 5.87. The lowest BCUT2D eigenvalue weighted by molar-refractivity contribution is -0.142. The SMILES string of the molecule is COC(=O)[C@H](CNCC=C(C)C)c1ccc(Br)cc1. The summed E-state index contributed by atoms with van der Waals surface area (Å²) in [5, 5.41) is 3.26. The minimum Gasteiger partial charge on any atom is -0.469 e. The summed E-state index contributed by atoms with van der Waals surface area (Å²) in [7, 11) is 1.42. The van der Waals surface area contributed by atoms with E-state index in [-0.39, 0.29) is 11.9 Å². The number of halogens is 1. The van der Waals surface area contributed by atoms with Crippen molar-refractivity contribution in [2.24, 2.45) is 0 Å². The highest BCUT2D eigenvalue weighted by molar-refractivity contribution is 9.10. The predicted octanol–water partition coefficient (Wildman–Crippen LogP) is 3.26. The van der Waals surface area contributed by atoms with Crippen LogP contribution < -0.4 is 5.32 Å². The number of rotatable bonds is 6. The molecule has 0 amide bonds. The van der Waals surface area contributed by atoms with Gasteiger partial charge >= 0.3 is 5.97 Å². The Morgan fingerprint density at radius 2 is 2.00 bits per heavy atom. The Morgan fingerprint density at radius 1 is 1.37 bits per heavy atom. The van der Waals surface area contributed by atoms with Gasteiger partial charge in [0.1, 0.15) is 0 Å². The summed E-state index contributed by atoms with van der Waals surface area (Å²) in [6, 6.07) is 7.74. The predicted molar refractivity (Wildman–Crippen MR) is 81.2 cm³/mol. The number of hydrogen-bond donors (Lipinski definition) is 1. The first-order chi connectivity index (χ1) is 9.04. The van der Waals surface area contributed by atoms with Crippen LogP contribution in [0.5, 0.6) is 0 Å². The number of hydrogen-bond acceptors (Lipinski definition) is 3. The minimum absolute atomic E-state index is 0.216. The Hall–Kier alpha value is -1.13. The van der Waals surface area contributed by atoms with Crippen LogP contribution in [-0.4, -0.2) is 26.2 Å². The number of carbonyl (C=O) groups is 1. The summed E-state index contributed by atoms with van der Waals surface area (Å²) >= 11 is 3.39. The second kappa shape index (κ2) is 8.12. The molecule has 0 spiro atoms. The third-order valence-electron chi connectivity index (χ3n) is 2.76. The standard InChI is InChI=1S/C15H20BrNO2/c1-11(2)8-9-17-10-14(15(18)19-3)12-4-6-13(16)7-5-12/h4-8,14,17H,9-10H2,1-3H3/t14-/m1/s1. The zero-order valence-corrected chi connectivity index (χ0v) is 13.2. The molecular weight excluding hydrogens is 306 g/mol. The monoisotopic (exact) mass is 325 g/mol. The van der Waals surface area contributed by atoms with Crippen molar-refractivity contribution in [2.45, 2.75) is 19.8 Å². The second-order valence-electron chi connectivity index (χ2n) is 4.57. The van der Waals surface area contributed by atoms with Gasteiger partial charge in [-0.2, -0.15) is 0 Å². The van der Waals surface area contributed by atoms with Crippen molar-refractivity contribution in [1.82, 2.24) is 5.32 Å². The van der Waals surface area contributed by atoms with E-state index in [0.717, 1.165) is 16.6 Å². The molecule has 0 aliphatic rings. The number of nitrogens with one attached hydrogen (secondary N) is 1. The van der Waals surface area contributed by atoms with Crippen LogP contribution in [0.15, 0.2) is 40.4 Å². The Morgan fingerprint density at radius 3 is 2.53 bits per heavy atom. The van der Waals surface area contributed by atoms with Gasteiger partial charge in [0.15, 0.2) is 0 Å². The van der Waals surface area contributed by atoms with E-state index in [2.05, 4.69) is 27.3 Å². The fraction of sp³-hybridized carbons (Fsp3) is 0.400. The van der Waals surface area contributed by atoms with Crippen LogP contribution in [0.2, 0.25) is 0 Å². The lowest BCUT2D eigenvalue weighted by Crippen LogP contribution is -2.28. The van der Waals surface area contributed by atoms with Crippen LogP contribution in [0.1, 0.15) is 25.3 Å². The fourth-order valence-corrected chi connectivity index (χ4v) is 1.94. The summed E-state index contributed by atoms with van der Waals surface area (Å²) in [6.45, 7) is 5.42. The van der Waals surface area contributed by atoms with Crippen molar-refractivity contribution < 1.29 is 9.53 Å². The average Bonchev–Trinajstić information content (AvgIpc) is 2.39. The molecule has 19 heavy (non-hydrogen) atoms. The number of ether oxygens (including phenoxy) is 1. The van der Waals surface area contributed by atoms with E-state index in [4.69, 9.17) is 4.74 Å². The summed E-state index contributed by atoms with van der Waals surface area (Å²) in [5.74, 6) is -0.490. The third kappa shape index (κ3) is 5.57. The molecule has 0 heterocycles. The maximum atomic E-state index is 11.8. The molecule has 0 fully saturated rings.